The zero-order chi connectivity index (χ0) is 17.6. The molecular formula is C20H15ClN2OS. The van der Waals surface area contributed by atoms with Crippen molar-refractivity contribution in [2.75, 3.05) is 5.32 Å². The van der Waals surface area contributed by atoms with Crippen LogP contribution in [0.2, 0.25) is 5.02 Å². The summed E-state index contributed by atoms with van der Waals surface area (Å²) < 4.78 is 0. The fraction of sp³-hybridized carbons (Fsp3) is 0. The Bertz CT molecular complexity index is 898. The van der Waals surface area contributed by atoms with Crippen molar-refractivity contribution < 1.29 is 4.79 Å². The highest BCUT2D eigenvalue weighted by molar-refractivity contribution is 7.80. The van der Waals surface area contributed by atoms with Gasteiger partial charge in [-0.2, -0.15) is 0 Å². The summed E-state index contributed by atoms with van der Waals surface area (Å²) in [5.41, 5.74) is 3.08. The summed E-state index contributed by atoms with van der Waals surface area (Å²) in [5.74, 6) is -0.263. The average Bonchev–Trinajstić information content (AvgIpc) is 2.63. The minimum Gasteiger partial charge on any atom is -0.332 e. The molecular weight excluding hydrogens is 352 g/mol. The molecule has 25 heavy (non-hydrogen) atoms. The Morgan fingerprint density at radius 2 is 1.48 bits per heavy atom. The minimum atomic E-state index is -0.263. The number of carbonyl (C=O) groups excluding carboxylic acids is 1. The number of nitrogens with one attached hydrogen (secondary N) is 2. The van der Waals surface area contributed by atoms with Gasteiger partial charge in [-0.15, -0.1) is 0 Å². The molecule has 0 saturated carbocycles. The molecule has 1 amide bonds. The molecule has 3 rings (SSSR count). The van der Waals surface area contributed by atoms with Crippen LogP contribution < -0.4 is 10.6 Å². The summed E-state index contributed by atoms with van der Waals surface area (Å²) in [4.78, 5) is 12.2. The molecule has 3 aromatic carbocycles. The second-order valence-corrected chi connectivity index (χ2v) is 6.12. The molecule has 2 N–H and O–H groups in total. The van der Waals surface area contributed by atoms with Crippen LogP contribution in [-0.2, 0) is 0 Å². The molecule has 0 fully saturated rings. The molecule has 0 aliphatic rings. The maximum atomic E-state index is 12.2. The van der Waals surface area contributed by atoms with E-state index in [0.717, 1.165) is 16.8 Å². The Balaban J connectivity index is 1.80. The van der Waals surface area contributed by atoms with Gasteiger partial charge >= 0.3 is 0 Å². The molecule has 0 radical (unpaired) electrons. The first kappa shape index (κ1) is 17.1. The lowest BCUT2D eigenvalue weighted by Crippen LogP contribution is -2.34. The predicted molar refractivity (Wildman–Crippen MR) is 107 cm³/mol. The smallest absolute Gasteiger partial charge is 0.257 e. The van der Waals surface area contributed by atoms with Gasteiger partial charge < -0.3 is 5.32 Å². The summed E-state index contributed by atoms with van der Waals surface area (Å²) in [5, 5.41) is 6.57. The number of thiocarbonyl (C=S) groups is 1. The molecule has 0 aliphatic heterocycles. The number of anilines is 1. The van der Waals surface area contributed by atoms with E-state index in [1.165, 1.54) is 0 Å². The van der Waals surface area contributed by atoms with Crippen LogP contribution in [0.5, 0.6) is 0 Å². The molecule has 0 aliphatic carbocycles. The molecule has 0 saturated heterocycles. The van der Waals surface area contributed by atoms with Crippen molar-refractivity contribution in [1.29, 1.82) is 0 Å². The molecule has 5 heteroatoms. The summed E-state index contributed by atoms with van der Waals surface area (Å²) >= 11 is 11.7. The van der Waals surface area contributed by atoms with E-state index >= 15 is 0 Å². The Morgan fingerprint density at radius 1 is 0.840 bits per heavy atom. The Morgan fingerprint density at radius 3 is 2.16 bits per heavy atom. The number of hydrogen-bond donors (Lipinski definition) is 2. The lowest BCUT2D eigenvalue weighted by molar-refractivity contribution is 0.0977. The number of halogens is 1. The first-order valence-corrected chi connectivity index (χ1v) is 8.45. The fourth-order valence-corrected chi connectivity index (χ4v) is 2.93. The second-order valence-electron chi connectivity index (χ2n) is 5.30. The van der Waals surface area contributed by atoms with E-state index in [1.807, 2.05) is 54.6 Å². The molecule has 0 spiro atoms. The third kappa shape index (κ3) is 4.24. The van der Waals surface area contributed by atoms with Crippen molar-refractivity contribution >= 4 is 40.5 Å². The highest BCUT2D eigenvalue weighted by Crippen LogP contribution is 2.34. The van der Waals surface area contributed by atoms with E-state index < -0.39 is 0 Å². The Kier molecular flexibility index (Phi) is 5.43. The lowest BCUT2D eigenvalue weighted by Gasteiger charge is -2.15. The van der Waals surface area contributed by atoms with Crippen molar-refractivity contribution in [3.05, 3.63) is 89.4 Å². The van der Waals surface area contributed by atoms with Crippen molar-refractivity contribution in [2.24, 2.45) is 0 Å². The number of benzene rings is 3. The fourth-order valence-electron chi connectivity index (χ4n) is 2.44. The largest absolute Gasteiger partial charge is 0.332 e. The van der Waals surface area contributed by atoms with E-state index in [0.29, 0.717) is 10.6 Å². The van der Waals surface area contributed by atoms with E-state index in [9.17, 15) is 4.79 Å². The molecule has 124 valence electrons. The van der Waals surface area contributed by atoms with E-state index in [1.54, 1.807) is 24.3 Å². The van der Waals surface area contributed by atoms with Crippen LogP contribution in [-0.4, -0.2) is 11.0 Å². The van der Waals surface area contributed by atoms with Gasteiger partial charge in [0.15, 0.2) is 5.11 Å². The van der Waals surface area contributed by atoms with Gasteiger partial charge in [0.1, 0.15) is 0 Å². The lowest BCUT2D eigenvalue weighted by atomic mass is 10.0. The van der Waals surface area contributed by atoms with Crippen LogP contribution in [0, 0.1) is 0 Å². The standard InChI is InChI=1S/C20H15ClN2OS/c21-16-12-7-13-17(18(16)14-8-3-1-4-9-14)22-20(25)23-19(24)15-10-5-2-6-11-15/h1-13H,(H2,22,23,24,25). The third-order valence-corrected chi connectivity index (χ3v) is 4.11. The summed E-state index contributed by atoms with van der Waals surface area (Å²) in [6, 6.07) is 24.2. The third-order valence-electron chi connectivity index (χ3n) is 3.59. The summed E-state index contributed by atoms with van der Waals surface area (Å²) in [6.07, 6.45) is 0. The summed E-state index contributed by atoms with van der Waals surface area (Å²) in [6.45, 7) is 0. The maximum absolute atomic E-state index is 12.2. The van der Waals surface area contributed by atoms with Crippen molar-refractivity contribution in [3.8, 4) is 11.1 Å². The van der Waals surface area contributed by atoms with E-state index in [2.05, 4.69) is 10.6 Å². The average molecular weight is 367 g/mol. The van der Waals surface area contributed by atoms with Crippen LogP contribution >= 0.6 is 23.8 Å². The van der Waals surface area contributed by atoms with Gasteiger partial charge in [0.05, 0.1) is 5.02 Å². The molecule has 0 heterocycles. The Labute approximate surface area is 156 Å². The topological polar surface area (TPSA) is 41.1 Å². The van der Waals surface area contributed by atoms with Gasteiger partial charge in [0.25, 0.3) is 5.91 Å². The van der Waals surface area contributed by atoms with Crippen LogP contribution in [0.3, 0.4) is 0 Å². The second kappa shape index (κ2) is 7.92. The molecule has 0 unspecified atom stereocenters. The van der Waals surface area contributed by atoms with Gasteiger partial charge in [0, 0.05) is 16.8 Å². The number of carbonyl (C=O) groups is 1. The highest BCUT2D eigenvalue weighted by Gasteiger charge is 2.12. The van der Waals surface area contributed by atoms with E-state index in [-0.39, 0.29) is 11.0 Å². The number of hydrogen-bond acceptors (Lipinski definition) is 2. The first-order valence-electron chi connectivity index (χ1n) is 7.66. The zero-order valence-electron chi connectivity index (χ0n) is 13.2. The van der Waals surface area contributed by atoms with Gasteiger partial charge in [-0.1, -0.05) is 66.2 Å². The SMILES string of the molecule is O=C(NC(=S)Nc1cccc(Cl)c1-c1ccccc1)c1ccccc1. The van der Waals surface area contributed by atoms with Gasteiger partial charge in [0.2, 0.25) is 0 Å². The number of rotatable bonds is 3. The zero-order valence-corrected chi connectivity index (χ0v) is 14.8. The van der Waals surface area contributed by atoms with Gasteiger partial charge in [-0.25, -0.2) is 0 Å². The van der Waals surface area contributed by atoms with Crippen LogP contribution in [0.15, 0.2) is 78.9 Å². The maximum Gasteiger partial charge on any atom is 0.257 e. The van der Waals surface area contributed by atoms with Crippen molar-refractivity contribution in [3.63, 3.8) is 0 Å². The molecule has 0 bridgehead atoms. The number of amides is 1. The van der Waals surface area contributed by atoms with Crippen LogP contribution in [0.1, 0.15) is 10.4 Å². The molecule has 3 aromatic rings. The van der Waals surface area contributed by atoms with Crippen molar-refractivity contribution in [1.82, 2.24) is 5.32 Å². The quantitative estimate of drug-likeness (QED) is 0.631. The predicted octanol–water partition coefficient (Wildman–Crippen LogP) is 5.13. The molecule has 3 nitrogen and oxygen atoms in total. The van der Waals surface area contributed by atoms with Gasteiger partial charge in [-0.05, 0) is 42.0 Å². The van der Waals surface area contributed by atoms with E-state index in [4.69, 9.17) is 23.8 Å². The normalized spacial score (nSPS) is 10.1. The first-order chi connectivity index (χ1) is 12.1. The Hall–Kier alpha value is -2.69. The van der Waals surface area contributed by atoms with Crippen LogP contribution in [0.25, 0.3) is 11.1 Å². The van der Waals surface area contributed by atoms with Gasteiger partial charge in [-0.3, -0.25) is 10.1 Å². The minimum absolute atomic E-state index is 0.216. The monoisotopic (exact) mass is 366 g/mol. The molecule has 0 aromatic heterocycles. The molecule has 0 atom stereocenters. The van der Waals surface area contributed by atoms with Crippen molar-refractivity contribution in [2.45, 2.75) is 0 Å². The summed E-state index contributed by atoms with van der Waals surface area (Å²) in [7, 11) is 0. The highest BCUT2D eigenvalue weighted by atomic mass is 35.5. The van der Waals surface area contributed by atoms with Crippen LogP contribution in [0.4, 0.5) is 5.69 Å².